The Hall–Kier alpha value is -2.28. The average Bonchev–Trinajstić information content (AvgIpc) is 3.12. The first kappa shape index (κ1) is 17.5. The van der Waals surface area contributed by atoms with E-state index in [9.17, 15) is 9.90 Å². The number of carbonyl (C=O) groups is 1. The molecule has 1 aliphatic heterocycles. The van der Waals surface area contributed by atoms with E-state index in [1.165, 1.54) is 0 Å². The highest BCUT2D eigenvalue weighted by atomic mass is 35.5. The lowest BCUT2D eigenvalue weighted by molar-refractivity contribution is -0.123. The average molecular weight is 362 g/mol. The van der Waals surface area contributed by atoms with Gasteiger partial charge >= 0.3 is 0 Å². The van der Waals surface area contributed by atoms with Crippen LogP contribution in [0, 0.1) is 0 Å². The second-order valence-corrected chi connectivity index (χ2v) is 6.34. The molecule has 2 aromatic carbocycles. The fraction of sp³-hybridized carbons (Fsp3) is 0.278. The summed E-state index contributed by atoms with van der Waals surface area (Å²) in [5.41, 5.74) is 7.67. The maximum absolute atomic E-state index is 12.3. The quantitative estimate of drug-likeness (QED) is 0.657. The zero-order valence-electron chi connectivity index (χ0n) is 13.8. The maximum atomic E-state index is 12.3. The summed E-state index contributed by atoms with van der Waals surface area (Å²) in [6.07, 6.45) is 0.516. The van der Waals surface area contributed by atoms with Crippen LogP contribution in [0.15, 0.2) is 42.5 Å². The van der Waals surface area contributed by atoms with E-state index in [2.05, 4.69) is 16.2 Å². The molecule has 0 spiro atoms. The van der Waals surface area contributed by atoms with Gasteiger partial charge in [-0.05, 0) is 42.3 Å². The Morgan fingerprint density at radius 2 is 2.04 bits per heavy atom. The highest BCUT2D eigenvalue weighted by Crippen LogP contribution is 2.31. The number of ether oxygens (including phenoxy) is 1. The molecule has 1 saturated heterocycles. The molecule has 0 radical (unpaired) electrons. The third-order valence-electron chi connectivity index (χ3n) is 4.21. The molecule has 1 aliphatic rings. The van der Waals surface area contributed by atoms with Gasteiger partial charge in [-0.3, -0.25) is 4.79 Å². The van der Waals surface area contributed by atoms with Crippen molar-refractivity contribution in [2.75, 3.05) is 7.11 Å². The van der Waals surface area contributed by atoms with Crippen LogP contribution in [-0.2, 0) is 11.3 Å². The van der Waals surface area contributed by atoms with E-state index in [1.807, 2.05) is 24.3 Å². The van der Waals surface area contributed by atoms with Gasteiger partial charge in [-0.2, -0.15) is 0 Å². The number of halogens is 1. The molecule has 132 valence electrons. The molecule has 0 aromatic heterocycles. The molecule has 0 saturated carbocycles. The SMILES string of the molecule is COc1ccc(CNC(=O)C2CC(c3cc(Cl)ccc3O)NN2)cc1. The number of phenolic OH excluding ortho intramolecular Hbond substituents is 1. The summed E-state index contributed by atoms with van der Waals surface area (Å²) in [6, 6.07) is 11.8. The first-order valence-corrected chi connectivity index (χ1v) is 8.34. The second-order valence-electron chi connectivity index (χ2n) is 5.90. The topological polar surface area (TPSA) is 82.6 Å². The van der Waals surface area contributed by atoms with Gasteiger partial charge in [0.15, 0.2) is 0 Å². The first-order valence-electron chi connectivity index (χ1n) is 7.97. The van der Waals surface area contributed by atoms with Crippen molar-refractivity contribution < 1.29 is 14.6 Å². The number of phenols is 1. The number of amides is 1. The molecule has 6 nitrogen and oxygen atoms in total. The van der Waals surface area contributed by atoms with Gasteiger partial charge in [0.2, 0.25) is 5.91 Å². The summed E-state index contributed by atoms with van der Waals surface area (Å²) in [4.78, 5) is 12.3. The largest absolute Gasteiger partial charge is 0.508 e. The van der Waals surface area contributed by atoms with Gasteiger partial charge in [0.25, 0.3) is 0 Å². The molecule has 1 fully saturated rings. The zero-order valence-corrected chi connectivity index (χ0v) is 14.5. The number of nitrogens with one attached hydrogen (secondary N) is 3. The second kappa shape index (κ2) is 7.74. The normalized spacial score (nSPS) is 19.6. The summed E-state index contributed by atoms with van der Waals surface area (Å²) in [6.45, 7) is 0.439. The Morgan fingerprint density at radius 3 is 2.76 bits per heavy atom. The number of benzene rings is 2. The van der Waals surface area contributed by atoms with Crippen LogP contribution in [0.3, 0.4) is 0 Å². The van der Waals surface area contributed by atoms with Crippen molar-refractivity contribution in [1.82, 2.24) is 16.2 Å². The molecule has 2 unspecified atom stereocenters. The number of aromatic hydroxyl groups is 1. The Bertz CT molecular complexity index is 752. The van der Waals surface area contributed by atoms with Crippen molar-refractivity contribution >= 4 is 17.5 Å². The molecule has 1 heterocycles. The number of rotatable bonds is 5. The monoisotopic (exact) mass is 361 g/mol. The van der Waals surface area contributed by atoms with Crippen LogP contribution in [0.4, 0.5) is 0 Å². The predicted octanol–water partition coefficient (Wildman–Crippen LogP) is 2.28. The fourth-order valence-electron chi connectivity index (χ4n) is 2.79. The van der Waals surface area contributed by atoms with Crippen LogP contribution in [0.2, 0.25) is 5.02 Å². The van der Waals surface area contributed by atoms with Crippen molar-refractivity contribution in [3.05, 3.63) is 58.6 Å². The molecule has 3 rings (SSSR count). The van der Waals surface area contributed by atoms with Crippen LogP contribution >= 0.6 is 11.6 Å². The Morgan fingerprint density at radius 1 is 1.28 bits per heavy atom. The Kier molecular flexibility index (Phi) is 5.43. The minimum Gasteiger partial charge on any atom is -0.508 e. The molecule has 2 aromatic rings. The molecular formula is C18H20ClN3O3. The smallest absolute Gasteiger partial charge is 0.238 e. The highest BCUT2D eigenvalue weighted by molar-refractivity contribution is 6.30. The minimum absolute atomic E-state index is 0.104. The molecule has 2 atom stereocenters. The standard InChI is InChI=1S/C18H20ClN3O3/c1-25-13-5-2-11(3-6-13)10-20-18(24)16-9-15(21-22-16)14-8-12(19)4-7-17(14)23/h2-8,15-16,21-23H,9-10H2,1H3,(H,20,24). The van der Waals surface area contributed by atoms with Gasteiger partial charge < -0.3 is 15.2 Å². The van der Waals surface area contributed by atoms with Gasteiger partial charge in [0.1, 0.15) is 17.5 Å². The third-order valence-corrected chi connectivity index (χ3v) is 4.45. The lowest BCUT2D eigenvalue weighted by Gasteiger charge is -2.12. The van der Waals surface area contributed by atoms with E-state index in [0.29, 0.717) is 23.6 Å². The number of hydrazine groups is 1. The molecular weight excluding hydrogens is 342 g/mol. The fourth-order valence-corrected chi connectivity index (χ4v) is 2.97. The van der Waals surface area contributed by atoms with Crippen molar-refractivity contribution in [3.8, 4) is 11.5 Å². The summed E-state index contributed by atoms with van der Waals surface area (Å²) < 4.78 is 5.11. The lowest BCUT2D eigenvalue weighted by atomic mass is 10.0. The molecule has 1 amide bonds. The van der Waals surface area contributed by atoms with Crippen LogP contribution in [-0.4, -0.2) is 24.2 Å². The van der Waals surface area contributed by atoms with Gasteiger partial charge in [0, 0.05) is 17.1 Å². The van der Waals surface area contributed by atoms with Crippen LogP contribution in [0.25, 0.3) is 0 Å². The molecule has 0 aliphatic carbocycles. The molecule has 4 N–H and O–H groups in total. The van der Waals surface area contributed by atoms with Crippen molar-refractivity contribution in [2.24, 2.45) is 0 Å². The van der Waals surface area contributed by atoms with Crippen LogP contribution in [0.1, 0.15) is 23.6 Å². The zero-order chi connectivity index (χ0) is 17.8. The Labute approximate surface area is 151 Å². The van der Waals surface area contributed by atoms with E-state index >= 15 is 0 Å². The van der Waals surface area contributed by atoms with Crippen LogP contribution < -0.4 is 20.9 Å². The van der Waals surface area contributed by atoms with Gasteiger partial charge in [-0.1, -0.05) is 23.7 Å². The summed E-state index contributed by atoms with van der Waals surface area (Å²) in [5.74, 6) is 0.830. The van der Waals surface area contributed by atoms with Crippen molar-refractivity contribution in [2.45, 2.75) is 25.0 Å². The van der Waals surface area contributed by atoms with E-state index in [4.69, 9.17) is 16.3 Å². The number of hydrogen-bond acceptors (Lipinski definition) is 5. The van der Waals surface area contributed by atoms with Gasteiger partial charge in [0.05, 0.1) is 13.2 Å². The van der Waals surface area contributed by atoms with Crippen LogP contribution in [0.5, 0.6) is 11.5 Å². The number of carbonyl (C=O) groups excluding carboxylic acids is 1. The predicted molar refractivity (Wildman–Crippen MR) is 95.4 cm³/mol. The summed E-state index contributed by atoms with van der Waals surface area (Å²) in [7, 11) is 1.61. The van der Waals surface area contributed by atoms with Crippen molar-refractivity contribution in [1.29, 1.82) is 0 Å². The first-order chi connectivity index (χ1) is 12.1. The van der Waals surface area contributed by atoms with Gasteiger partial charge in [-0.25, -0.2) is 10.9 Å². The number of methoxy groups -OCH3 is 1. The van der Waals surface area contributed by atoms with E-state index < -0.39 is 0 Å². The van der Waals surface area contributed by atoms with E-state index in [1.54, 1.807) is 25.3 Å². The minimum atomic E-state index is -0.387. The lowest BCUT2D eigenvalue weighted by Crippen LogP contribution is -2.42. The molecule has 25 heavy (non-hydrogen) atoms. The third kappa shape index (κ3) is 4.22. The van der Waals surface area contributed by atoms with E-state index in [-0.39, 0.29) is 23.7 Å². The summed E-state index contributed by atoms with van der Waals surface area (Å²) in [5, 5.41) is 13.4. The van der Waals surface area contributed by atoms with E-state index in [0.717, 1.165) is 11.3 Å². The van der Waals surface area contributed by atoms with Gasteiger partial charge in [-0.15, -0.1) is 0 Å². The maximum Gasteiger partial charge on any atom is 0.238 e. The Balaban J connectivity index is 1.56. The summed E-state index contributed by atoms with van der Waals surface area (Å²) >= 11 is 5.99. The molecule has 7 heteroatoms. The van der Waals surface area contributed by atoms with Crippen molar-refractivity contribution in [3.63, 3.8) is 0 Å². The number of hydrogen-bond donors (Lipinski definition) is 4. The highest BCUT2D eigenvalue weighted by Gasteiger charge is 2.31. The molecule has 0 bridgehead atoms.